The largest absolute Gasteiger partial charge is 0.472 e. The van der Waals surface area contributed by atoms with Gasteiger partial charge < -0.3 is 14.3 Å². The number of aromatic nitrogens is 4. The maximum Gasteiger partial charge on any atom is 0.472 e. The van der Waals surface area contributed by atoms with Gasteiger partial charge in [-0.15, -0.1) is 0 Å². The minimum atomic E-state index is -4.61. The fraction of sp³-hybridized carbons (Fsp3) is 0.150. The summed E-state index contributed by atoms with van der Waals surface area (Å²) in [5, 5.41) is 8.32. The average Bonchev–Trinajstić information content (AvgIpc) is 3.40. The number of phosphoric acid groups is 1. The summed E-state index contributed by atoms with van der Waals surface area (Å²) in [7, 11) is -4.61. The highest BCUT2D eigenvalue weighted by Gasteiger charge is 2.20. The molecule has 3 heterocycles. The van der Waals surface area contributed by atoms with Crippen molar-refractivity contribution < 1.29 is 28.0 Å². The molecule has 0 atom stereocenters. The number of anilines is 1. The van der Waals surface area contributed by atoms with Crippen molar-refractivity contribution in [1.82, 2.24) is 14.9 Å². The van der Waals surface area contributed by atoms with Crippen LogP contribution >= 0.6 is 7.82 Å². The third kappa shape index (κ3) is 5.44. The Labute approximate surface area is 177 Å². The van der Waals surface area contributed by atoms with Gasteiger partial charge in [-0.05, 0) is 29.3 Å². The van der Waals surface area contributed by atoms with Crippen molar-refractivity contribution in [3.8, 4) is 11.3 Å². The van der Waals surface area contributed by atoms with Gasteiger partial charge in [-0.2, -0.15) is 5.10 Å². The van der Waals surface area contributed by atoms with Crippen molar-refractivity contribution in [2.45, 2.75) is 19.7 Å². The molecule has 0 aliphatic rings. The van der Waals surface area contributed by atoms with E-state index in [9.17, 15) is 4.57 Å². The number of benzene rings is 1. The Kier molecular flexibility index (Phi) is 5.97. The highest BCUT2D eigenvalue weighted by atomic mass is 31.2. The Morgan fingerprint density at radius 1 is 1.16 bits per heavy atom. The smallest absolute Gasteiger partial charge is 0.356 e. The van der Waals surface area contributed by atoms with Gasteiger partial charge in [-0.25, -0.2) is 13.7 Å². The van der Waals surface area contributed by atoms with Crippen molar-refractivity contribution in [1.29, 1.82) is 0 Å². The van der Waals surface area contributed by atoms with Gasteiger partial charge in [0.05, 0.1) is 18.4 Å². The lowest BCUT2D eigenvalue weighted by atomic mass is 10.1. The molecule has 0 unspecified atom stereocenters. The van der Waals surface area contributed by atoms with E-state index in [1.54, 1.807) is 30.6 Å². The quantitative estimate of drug-likeness (QED) is 0.278. The summed E-state index contributed by atoms with van der Waals surface area (Å²) in [6, 6.07) is 15.3. The average molecular weight is 442 g/mol. The van der Waals surface area contributed by atoms with E-state index in [0.29, 0.717) is 24.3 Å². The minimum absolute atomic E-state index is 0.238. The first-order chi connectivity index (χ1) is 14.9. The number of hydrogen-bond acceptors (Lipinski definition) is 6. The van der Waals surface area contributed by atoms with Crippen molar-refractivity contribution >= 4 is 13.6 Å². The van der Waals surface area contributed by atoms with Crippen LogP contribution in [-0.4, -0.2) is 24.7 Å². The molecule has 10 nitrogen and oxygen atoms in total. The number of nitrogens with two attached hydrogens (primary N) is 1. The molecule has 3 aromatic heterocycles. The molecule has 0 spiro atoms. The van der Waals surface area contributed by atoms with Crippen LogP contribution < -0.4 is 10.3 Å². The SMILES string of the molecule is Nc1c(-c2cc(Cc3ccc(Cn4cccn4)cc3)no2)ccc[n+]1COP(=O)(O)O. The summed E-state index contributed by atoms with van der Waals surface area (Å²) in [4.78, 5) is 17.8. The van der Waals surface area contributed by atoms with Crippen LogP contribution in [0.2, 0.25) is 0 Å². The monoisotopic (exact) mass is 442 g/mol. The Bertz CT molecular complexity index is 1200. The van der Waals surface area contributed by atoms with Crippen molar-refractivity contribution in [3.05, 3.63) is 83.9 Å². The second-order valence-corrected chi connectivity index (χ2v) is 8.14. The van der Waals surface area contributed by atoms with Gasteiger partial charge in [-0.1, -0.05) is 29.4 Å². The number of pyridine rings is 1. The van der Waals surface area contributed by atoms with Crippen molar-refractivity contribution in [3.63, 3.8) is 0 Å². The molecule has 0 saturated heterocycles. The van der Waals surface area contributed by atoms with Gasteiger partial charge in [-0.3, -0.25) is 10.4 Å². The molecule has 0 aliphatic carbocycles. The maximum absolute atomic E-state index is 10.9. The summed E-state index contributed by atoms with van der Waals surface area (Å²) >= 11 is 0. The number of phosphoric ester groups is 1. The van der Waals surface area contributed by atoms with E-state index < -0.39 is 14.6 Å². The van der Waals surface area contributed by atoms with Gasteiger partial charge in [0.15, 0.2) is 5.76 Å². The standard InChI is InChI=1S/C20H20N5O5P/c21-20-18(3-1-9-24(20)14-29-31(26,27)28)19-12-17(23-30-19)11-15-4-6-16(7-5-15)13-25-10-2-8-22-25/h1-10,12,21H,11,13-14H2,(H2,26,27,28)/p+1. The van der Waals surface area contributed by atoms with E-state index in [-0.39, 0.29) is 5.82 Å². The van der Waals surface area contributed by atoms with E-state index >= 15 is 0 Å². The van der Waals surface area contributed by atoms with E-state index in [1.807, 2.05) is 29.1 Å². The first-order valence-electron chi connectivity index (χ1n) is 9.36. The normalized spacial score (nSPS) is 11.7. The molecule has 4 N–H and O–H groups in total. The van der Waals surface area contributed by atoms with E-state index in [4.69, 9.17) is 20.0 Å². The number of nitrogen functional groups attached to an aromatic ring is 1. The van der Waals surface area contributed by atoms with Crippen LogP contribution in [0.25, 0.3) is 11.3 Å². The summed E-state index contributed by atoms with van der Waals surface area (Å²) in [5.74, 6) is 0.690. The Morgan fingerprint density at radius 2 is 1.94 bits per heavy atom. The summed E-state index contributed by atoms with van der Waals surface area (Å²) in [5.41, 5.74) is 9.62. The molecule has 0 amide bonds. The van der Waals surface area contributed by atoms with Crippen LogP contribution in [-0.2, 0) is 28.8 Å². The van der Waals surface area contributed by atoms with Crippen LogP contribution in [0.5, 0.6) is 0 Å². The fourth-order valence-corrected chi connectivity index (χ4v) is 3.37. The topological polar surface area (TPSA) is 141 Å². The summed E-state index contributed by atoms with van der Waals surface area (Å²) < 4.78 is 24.1. The maximum atomic E-state index is 10.9. The first kappa shape index (κ1) is 21.0. The number of rotatable bonds is 8. The van der Waals surface area contributed by atoms with E-state index in [0.717, 1.165) is 16.8 Å². The summed E-state index contributed by atoms with van der Waals surface area (Å²) in [6.45, 7) is 0.316. The molecule has 0 saturated carbocycles. The lowest BCUT2D eigenvalue weighted by Crippen LogP contribution is -2.38. The number of hydrogen-bond donors (Lipinski definition) is 3. The summed E-state index contributed by atoms with van der Waals surface area (Å²) in [6.07, 6.45) is 5.81. The molecule has 0 radical (unpaired) electrons. The molecule has 0 fully saturated rings. The van der Waals surface area contributed by atoms with Crippen molar-refractivity contribution in [2.24, 2.45) is 0 Å². The third-order valence-electron chi connectivity index (χ3n) is 4.62. The predicted octanol–water partition coefficient (Wildman–Crippen LogP) is 2.11. The molecule has 0 bridgehead atoms. The molecule has 4 aromatic rings. The number of nitrogens with zero attached hydrogens (tertiary/aromatic N) is 4. The lowest BCUT2D eigenvalue weighted by molar-refractivity contribution is -0.711. The van der Waals surface area contributed by atoms with Gasteiger partial charge in [0.2, 0.25) is 6.73 Å². The van der Waals surface area contributed by atoms with Gasteiger partial charge >= 0.3 is 7.82 Å². The van der Waals surface area contributed by atoms with Gasteiger partial charge in [0.1, 0.15) is 5.56 Å². The molecule has 31 heavy (non-hydrogen) atoms. The zero-order chi connectivity index (χ0) is 21.8. The van der Waals surface area contributed by atoms with Crippen LogP contribution in [0.3, 0.4) is 0 Å². The fourth-order valence-electron chi connectivity index (χ4n) is 3.10. The lowest BCUT2D eigenvalue weighted by Gasteiger charge is -2.07. The van der Waals surface area contributed by atoms with E-state index in [2.05, 4.69) is 26.9 Å². The molecule has 160 valence electrons. The van der Waals surface area contributed by atoms with Crippen LogP contribution in [0, 0.1) is 0 Å². The third-order valence-corrected chi connectivity index (χ3v) is 5.07. The van der Waals surface area contributed by atoms with Crippen LogP contribution in [0.15, 0.2) is 71.6 Å². The molecular weight excluding hydrogens is 421 g/mol. The van der Waals surface area contributed by atoms with Crippen LogP contribution in [0.1, 0.15) is 16.8 Å². The zero-order valence-electron chi connectivity index (χ0n) is 16.4. The highest BCUT2D eigenvalue weighted by Crippen LogP contribution is 2.35. The second kappa shape index (κ2) is 8.83. The second-order valence-electron chi connectivity index (χ2n) is 6.91. The minimum Gasteiger partial charge on any atom is -0.356 e. The predicted molar refractivity (Wildman–Crippen MR) is 110 cm³/mol. The Balaban J connectivity index is 1.45. The highest BCUT2D eigenvalue weighted by molar-refractivity contribution is 7.46. The van der Waals surface area contributed by atoms with Crippen molar-refractivity contribution in [2.75, 3.05) is 5.73 Å². The van der Waals surface area contributed by atoms with E-state index in [1.165, 1.54) is 4.57 Å². The molecule has 4 rings (SSSR count). The zero-order valence-corrected chi connectivity index (χ0v) is 17.3. The van der Waals surface area contributed by atoms with Gasteiger partial charge in [0.25, 0.3) is 5.82 Å². The molecular formula is C20H21N5O5P+. The Morgan fingerprint density at radius 3 is 2.65 bits per heavy atom. The molecule has 0 aliphatic heterocycles. The first-order valence-corrected chi connectivity index (χ1v) is 10.9. The molecule has 11 heteroatoms. The molecule has 1 aromatic carbocycles. The Hall–Kier alpha value is -3.30. The van der Waals surface area contributed by atoms with Gasteiger partial charge in [0, 0.05) is 24.9 Å². The van der Waals surface area contributed by atoms with Crippen LogP contribution in [0.4, 0.5) is 5.82 Å².